The van der Waals surface area contributed by atoms with Crippen LogP contribution in [0.2, 0.25) is 0 Å². The van der Waals surface area contributed by atoms with Crippen LogP contribution in [0.5, 0.6) is 11.5 Å². The van der Waals surface area contributed by atoms with Crippen molar-refractivity contribution >= 4 is 16.7 Å². The topological polar surface area (TPSA) is 100 Å². The summed E-state index contributed by atoms with van der Waals surface area (Å²) in [6.07, 6.45) is 5.00. The third kappa shape index (κ3) is 3.51. The predicted molar refractivity (Wildman–Crippen MR) is 94.3 cm³/mol. The highest BCUT2D eigenvalue weighted by molar-refractivity contribution is 5.89. The van der Waals surface area contributed by atoms with Crippen LogP contribution < -0.4 is 20.3 Å². The number of nitrogens with zero attached hydrogens (tertiary/aromatic N) is 4. The zero-order valence-electron chi connectivity index (χ0n) is 14.5. The van der Waals surface area contributed by atoms with Crippen molar-refractivity contribution in [1.82, 2.24) is 24.9 Å². The third-order valence-corrected chi connectivity index (χ3v) is 3.88. The molecule has 0 unspecified atom stereocenters. The number of nitrogens with one attached hydrogen (secondary N) is 1. The van der Waals surface area contributed by atoms with Gasteiger partial charge in [0.2, 0.25) is 5.91 Å². The van der Waals surface area contributed by atoms with Crippen molar-refractivity contribution < 1.29 is 14.3 Å². The first kappa shape index (κ1) is 17.5. The average Bonchev–Trinajstić information content (AvgIpc) is 3.16. The van der Waals surface area contributed by atoms with Crippen molar-refractivity contribution in [3.05, 3.63) is 47.1 Å². The molecule has 0 aliphatic heterocycles. The molecule has 0 radical (unpaired) electrons. The highest BCUT2D eigenvalue weighted by atomic mass is 16.5. The number of carbonyl (C=O) groups excluding carboxylic acids is 1. The minimum Gasteiger partial charge on any atom is -0.493 e. The van der Waals surface area contributed by atoms with Gasteiger partial charge in [-0.25, -0.2) is 4.68 Å². The van der Waals surface area contributed by atoms with Crippen LogP contribution in [0.1, 0.15) is 0 Å². The number of benzene rings is 1. The minimum absolute atomic E-state index is 0.186. The number of fused-ring (bicyclic) bond motifs is 1. The van der Waals surface area contributed by atoms with Crippen molar-refractivity contribution in [2.45, 2.75) is 13.1 Å². The van der Waals surface area contributed by atoms with E-state index in [1.807, 2.05) is 6.07 Å². The van der Waals surface area contributed by atoms with Gasteiger partial charge in [0.05, 0.1) is 32.3 Å². The van der Waals surface area contributed by atoms with Crippen molar-refractivity contribution in [3.63, 3.8) is 0 Å². The molecule has 1 amide bonds. The summed E-state index contributed by atoms with van der Waals surface area (Å²) < 4.78 is 13.4. The number of carbonyl (C=O) groups is 1. The monoisotopic (exact) mass is 357 g/mol. The van der Waals surface area contributed by atoms with E-state index in [4.69, 9.17) is 9.47 Å². The van der Waals surface area contributed by atoms with Gasteiger partial charge in [-0.1, -0.05) is 0 Å². The Morgan fingerprint density at radius 3 is 2.77 bits per heavy atom. The first-order valence-corrected chi connectivity index (χ1v) is 7.99. The van der Waals surface area contributed by atoms with Gasteiger partial charge in [0.15, 0.2) is 11.5 Å². The summed E-state index contributed by atoms with van der Waals surface area (Å²) in [7, 11) is 2.96. The van der Waals surface area contributed by atoms with Crippen LogP contribution in [-0.4, -0.2) is 46.2 Å². The summed E-state index contributed by atoms with van der Waals surface area (Å²) in [4.78, 5) is 24.9. The zero-order valence-corrected chi connectivity index (χ0v) is 14.5. The third-order valence-electron chi connectivity index (χ3n) is 3.88. The van der Waals surface area contributed by atoms with Crippen LogP contribution in [0, 0.1) is 0 Å². The SMILES string of the molecule is COc1ccc2cnn(CC(=O)NCCn3cccn3)c(=O)c2c1OC. The van der Waals surface area contributed by atoms with Gasteiger partial charge in [0.1, 0.15) is 6.54 Å². The molecule has 0 saturated carbocycles. The van der Waals surface area contributed by atoms with Crippen LogP contribution >= 0.6 is 0 Å². The Morgan fingerprint density at radius 2 is 2.08 bits per heavy atom. The number of hydrogen-bond acceptors (Lipinski definition) is 6. The normalized spacial score (nSPS) is 10.7. The lowest BCUT2D eigenvalue weighted by Crippen LogP contribution is -2.35. The quantitative estimate of drug-likeness (QED) is 0.658. The van der Waals surface area contributed by atoms with Gasteiger partial charge in [-0.15, -0.1) is 0 Å². The molecule has 0 spiro atoms. The number of amides is 1. The van der Waals surface area contributed by atoms with Gasteiger partial charge < -0.3 is 14.8 Å². The smallest absolute Gasteiger partial charge is 0.279 e. The zero-order chi connectivity index (χ0) is 18.5. The van der Waals surface area contributed by atoms with E-state index in [1.165, 1.54) is 20.4 Å². The second-order valence-corrected chi connectivity index (χ2v) is 5.49. The summed E-state index contributed by atoms with van der Waals surface area (Å²) in [6, 6.07) is 5.23. The molecule has 136 valence electrons. The molecule has 9 nitrogen and oxygen atoms in total. The van der Waals surface area contributed by atoms with Gasteiger partial charge in [-0.05, 0) is 18.2 Å². The highest BCUT2D eigenvalue weighted by Crippen LogP contribution is 2.32. The fourth-order valence-corrected chi connectivity index (χ4v) is 2.63. The molecule has 3 rings (SSSR count). The first-order chi connectivity index (χ1) is 12.6. The molecule has 3 aromatic rings. The Labute approximate surface area is 149 Å². The Hall–Kier alpha value is -3.36. The molecule has 0 bridgehead atoms. The molecule has 1 aromatic carbocycles. The Kier molecular flexibility index (Phi) is 5.16. The Morgan fingerprint density at radius 1 is 1.23 bits per heavy atom. The first-order valence-electron chi connectivity index (χ1n) is 7.99. The number of methoxy groups -OCH3 is 2. The maximum atomic E-state index is 12.7. The van der Waals surface area contributed by atoms with Gasteiger partial charge >= 0.3 is 0 Å². The second-order valence-electron chi connectivity index (χ2n) is 5.49. The van der Waals surface area contributed by atoms with E-state index in [1.54, 1.807) is 29.2 Å². The van der Waals surface area contributed by atoms with Gasteiger partial charge in [-0.2, -0.15) is 10.2 Å². The summed E-state index contributed by atoms with van der Waals surface area (Å²) in [5, 5.41) is 11.8. The van der Waals surface area contributed by atoms with Gasteiger partial charge in [0, 0.05) is 24.3 Å². The van der Waals surface area contributed by atoms with E-state index in [0.29, 0.717) is 35.4 Å². The maximum Gasteiger partial charge on any atom is 0.279 e. The van der Waals surface area contributed by atoms with Crippen LogP contribution in [0.3, 0.4) is 0 Å². The highest BCUT2D eigenvalue weighted by Gasteiger charge is 2.15. The molecule has 0 atom stereocenters. The molecule has 0 aliphatic carbocycles. The Balaban J connectivity index is 1.78. The Bertz CT molecular complexity index is 965. The standard InChI is InChI=1S/C17H19N5O4/c1-25-13-5-4-12-10-20-22(17(24)15(12)16(13)26-2)11-14(23)18-7-9-21-8-3-6-19-21/h3-6,8,10H,7,9,11H2,1-2H3,(H,18,23). The minimum atomic E-state index is -0.416. The van der Waals surface area contributed by atoms with Crippen LogP contribution in [-0.2, 0) is 17.9 Å². The van der Waals surface area contributed by atoms with E-state index in [2.05, 4.69) is 15.5 Å². The van der Waals surface area contributed by atoms with E-state index < -0.39 is 5.56 Å². The molecule has 2 aromatic heterocycles. The number of rotatable bonds is 7. The predicted octanol–water partition coefficient (Wildman–Crippen LogP) is 0.427. The molecule has 1 N–H and O–H groups in total. The molecule has 26 heavy (non-hydrogen) atoms. The molecule has 9 heteroatoms. The summed E-state index contributed by atoms with van der Waals surface area (Å²) >= 11 is 0. The average molecular weight is 357 g/mol. The lowest BCUT2D eigenvalue weighted by atomic mass is 10.1. The fraction of sp³-hybridized carbons (Fsp3) is 0.294. The molecular formula is C17H19N5O4. The summed E-state index contributed by atoms with van der Waals surface area (Å²) in [5.74, 6) is 0.455. The number of hydrogen-bond donors (Lipinski definition) is 1. The number of ether oxygens (including phenoxy) is 2. The lowest BCUT2D eigenvalue weighted by molar-refractivity contribution is -0.121. The van der Waals surface area contributed by atoms with E-state index in [9.17, 15) is 9.59 Å². The van der Waals surface area contributed by atoms with Gasteiger partial charge in [-0.3, -0.25) is 14.3 Å². The van der Waals surface area contributed by atoms with Crippen molar-refractivity contribution in [2.24, 2.45) is 0 Å². The number of aromatic nitrogens is 4. The van der Waals surface area contributed by atoms with E-state index in [0.717, 1.165) is 4.68 Å². The molecule has 0 fully saturated rings. The maximum absolute atomic E-state index is 12.7. The largest absolute Gasteiger partial charge is 0.493 e. The van der Waals surface area contributed by atoms with Crippen LogP contribution in [0.25, 0.3) is 10.8 Å². The van der Waals surface area contributed by atoms with Crippen molar-refractivity contribution in [1.29, 1.82) is 0 Å². The molecule has 0 saturated heterocycles. The molecule has 2 heterocycles. The molecular weight excluding hydrogens is 338 g/mol. The van der Waals surface area contributed by atoms with Gasteiger partial charge in [0.25, 0.3) is 5.56 Å². The van der Waals surface area contributed by atoms with E-state index >= 15 is 0 Å². The second kappa shape index (κ2) is 7.68. The van der Waals surface area contributed by atoms with E-state index in [-0.39, 0.29) is 12.5 Å². The summed E-state index contributed by atoms with van der Waals surface area (Å²) in [5.41, 5.74) is -0.416. The fourth-order valence-electron chi connectivity index (χ4n) is 2.63. The summed E-state index contributed by atoms with van der Waals surface area (Å²) in [6.45, 7) is 0.762. The van der Waals surface area contributed by atoms with Crippen LogP contribution in [0.4, 0.5) is 0 Å². The van der Waals surface area contributed by atoms with Crippen LogP contribution in [0.15, 0.2) is 41.6 Å². The molecule has 0 aliphatic rings. The lowest BCUT2D eigenvalue weighted by Gasteiger charge is -2.12. The van der Waals surface area contributed by atoms with Crippen molar-refractivity contribution in [2.75, 3.05) is 20.8 Å². The van der Waals surface area contributed by atoms with Crippen molar-refractivity contribution in [3.8, 4) is 11.5 Å².